The maximum atomic E-state index is 11.7. The molecule has 1 aromatic carbocycles. The molecule has 0 N–H and O–H groups in total. The Labute approximate surface area is 146 Å². The largest absolute Gasteiger partial charge is 0.493 e. The van der Waals surface area contributed by atoms with Crippen molar-refractivity contribution in [2.24, 2.45) is 5.92 Å². The Kier molecular flexibility index (Phi) is 6.21. The van der Waals surface area contributed by atoms with Gasteiger partial charge in [-0.2, -0.15) is 0 Å². The van der Waals surface area contributed by atoms with E-state index in [0.717, 1.165) is 0 Å². The molecule has 136 valence electrons. The van der Waals surface area contributed by atoms with E-state index in [9.17, 15) is 4.79 Å². The second-order valence-electron chi connectivity index (χ2n) is 5.33. The highest BCUT2D eigenvalue weighted by molar-refractivity contribution is 5.71. The lowest BCUT2D eigenvalue weighted by atomic mass is 10.1. The predicted octanol–water partition coefficient (Wildman–Crippen LogP) is 2.85. The predicted molar refractivity (Wildman–Crippen MR) is 88.6 cm³/mol. The van der Waals surface area contributed by atoms with Crippen LogP contribution in [0.4, 0.5) is 0 Å². The van der Waals surface area contributed by atoms with Crippen LogP contribution in [-0.2, 0) is 16.1 Å². The molecule has 0 radical (unpaired) electrons. The lowest BCUT2D eigenvalue weighted by Gasteiger charge is -2.12. The molecule has 0 amide bonds. The molecule has 25 heavy (non-hydrogen) atoms. The molecule has 0 saturated heterocycles. The van der Waals surface area contributed by atoms with Gasteiger partial charge < -0.3 is 23.4 Å². The zero-order chi connectivity index (χ0) is 18.4. The minimum atomic E-state index is -0.296. The first-order valence-corrected chi connectivity index (χ1v) is 7.83. The molecule has 2 rings (SSSR count). The average molecular weight is 350 g/mol. The highest BCUT2D eigenvalue weighted by Gasteiger charge is 2.18. The summed E-state index contributed by atoms with van der Waals surface area (Å²) in [4.78, 5) is 11.7. The number of carbonyl (C=O) groups excluding carboxylic acids is 1. The second kappa shape index (κ2) is 8.36. The third-order valence-electron chi connectivity index (χ3n) is 3.73. The van der Waals surface area contributed by atoms with Gasteiger partial charge in [0, 0.05) is 5.56 Å². The van der Waals surface area contributed by atoms with Gasteiger partial charge in [-0.1, -0.05) is 13.8 Å². The van der Waals surface area contributed by atoms with Crippen molar-refractivity contribution in [2.45, 2.75) is 26.9 Å². The zero-order valence-corrected chi connectivity index (χ0v) is 15.0. The van der Waals surface area contributed by atoms with Gasteiger partial charge in [-0.05, 0) is 18.6 Å². The molecule has 1 unspecified atom stereocenters. The van der Waals surface area contributed by atoms with Crippen molar-refractivity contribution in [3.05, 3.63) is 18.0 Å². The van der Waals surface area contributed by atoms with Gasteiger partial charge in [0.15, 0.2) is 18.1 Å². The molecule has 0 fully saturated rings. The van der Waals surface area contributed by atoms with Gasteiger partial charge in [0.2, 0.25) is 11.6 Å². The Balaban J connectivity index is 2.20. The van der Waals surface area contributed by atoms with E-state index >= 15 is 0 Å². The fourth-order valence-corrected chi connectivity index (χ4v) is 2.07. The van der Waals surface area contributed by atoms with Crippen molar-refractivity contribution < 1.29 is 28.2 Å². The fraction of sp³-hybridized carbons (Fsp3) is 0.471. The molecule has 1 aromatic heterocycles. The summed E-state index contributed by atoms with van der Waals surface area (Å²) in [5.74, 6) is 1.41. The minimum Gasteiger partial charge on any atom is -0.493 e. The summed E-state index contributed by atoms with van der Waals surface area (Å²) in [6.45, 7) is 3.65. The highest BCUT2D eigenvalue weighted by atomic mass is 16.5. The van der Waals surface area contributed by atoms with E-state index < -0.39 is 0 Å². The third-order valence-corrected chi connectivity index (χ3v) is 3.73. The van der Waals surface area contributed by atoms with Crippen LogP contribution in [0.3, 0.4) is 0 Å². The molecule has 0 aliphatic rings. The van der Waals surface area contributed by atoms with Crippen LogP contribution in [0.1, 0.15) is 26.2 Å². The quantitative estimate of drug-likeness (QED) is 0.671. The number of hydrogen-bond donors (Lipinski definition) is 0. The third kappa shape index (κ3) is 4.20. The molecular formula is C17H22N2O6. The summed E-state index contributed by atoms with van der Waals surface area (Å²) in [5.41, 5.74) is 0.599. The zero-order valence-electron chi connectivity index (χ0n) is 15.0. The molecular weight excluding hydrogens is 328 g/mol. The van der Waals surface area contributed by atoms with Crippen LogP contribution in [0.5, 0.6) is 17.2 Å². The molecule has 0 bridgehead atoms. The lowest BCUT2D eigenvalue weighted by Crippen LogP contribution is -2.13. The average Bonchev–Trinajstić information content (AvgIpc) is 3.12. The summed E-state index contributed by atoms with van der Waals surface area (Å²) in [5, 5.41) is 7.87. The van der Waals surface area contributed by atoms with E-state index in [-0.39, 0.29) is 30.3 Å². The van der Waals surface area contributed by atoms with E-state index in [0.29, 0.717) is 29.2 Å². The number of nitrogens with zero attached hydrogens (tertiary/aromatic N) is 2. The first-order chi connectivity index (χ1) is 12.0. The van der Waals surface area contributed by atoms with Crippen LogP contribution < -0.4 is 14.2 Å². The number of benzene rings is 1. The Bertz CT molecular complexity index is 703. The van der Waals surface area contributed by atoms with Gasteiger partial charge in [0.1, 0.15) is 0 Å². The first-order valence-electron chi connectivity index (χ1n) is 7.83. The summed E-state index contributed by atoms with van der Waals surface area (Å²) < 4.78 is 26.6. The number of ether oxygens (including phenoxy) is 4. The molecule has 2 aromatic rings. The molecule has 8 nitrogen and oxygen atoms in total. The van der Waals surface area contributed by atoms with Crippen molar-refractivity contribution in [3.8, 4) is 28.7 Å². The monoisotopic (exact) mass is 350 g/mol. The van der Waals surface area contributed by atoms with Crippen LogP contribution in [0.15, 0.2) is 16.5 Å². The maximum Gasteiger partial charge on any atom is 0.309 e. The Morgan fingerprint density at radius 2 is 1.76 bits per heavy atom. The van der Waals surface area contributed by atoms with Crippen molar-refractivity contribution >= 4 is 5.97 Å². The van der Waals surface area contributed by atoms with E-state index in [2.05, 4.69) is 10.2 Å². The normalized spacial score (nSPS) is 11.7. The molecule has 0 aliphatic heterocycles. The Morgan fingerprint density at radius 1 is 1.12 bits per heavy atom. The molecule has 8 heteroatoms. The van der Waals surface area contributed by atoms with Gasteiger partial charge in [0.05, 0.1) is 27.2 Å². The van der Waals surface area contributed by atoms with Crippen molar-refractivity contribution in [1.82, 2.24) is 10.2 Å². The number of carbonyl (C=O) groups is 1. The summed E-state index contributed by atoms with van der Waals surface area (Å²) in [7, 11) is 4.57. The maximum absolute atomic E-state index is 11.7. The SMILES string of the molecule is CCC(C)C(=O)OCc1nnc(-c2cc(OC)c(OC)c(OC)c2)o1. The van der Waals surface area contributed by atoms with E-state index in [1.54, 1.807) is 19.1 Å². The van der Waals surface area contributed by atoms with Crippen LogP contribution in [-0.4, -0.2) is 37.5 Å². The van der Waals surface area contributed by atoms with E-state index in [1.165, 1.54) is 21.3 Å². The lowest BCUT2D eigenvalue weighted by molar-refractivity contribution is -0.150. The van der Waals surface area contributed by atoms with Gasteiger partial charge in [-0.15, -0.1) is 10.2 Å². The van der Waals surface area contributed by atoms with Crippen LogP contribution in [0.2, 0.25) is 0 Å². The number of hydrogen-bond acceptors (Lipinski definition) is 8. The van der Waals surface area contributed by atoms with Gasteiger partial charge in [-0.25, -0.2) is 0 Å². The Hall–Kier alpha value is -2.77. The highest BCUT2D eigenvalue weighted by Crippen LogP contribution is 2.40. The topological polar surface area (TPSA) is 92.9 Å². The van der Waals surface area contributed by atoms with Crippen molar-refractivity contribution in [3.63, 3.8) is 0 Å². The van der Waals surface area contributed by atoms with Crippen molar-refractivity contribution in [2.75, 3.05) is 21.3 Å². The molecule has 1 atom stereocenters. The van der Waals surface area contributed by atoms with Gasteiger partial charge >= 0.3 is 5.97 Å². The smallest absolute Gasteiger partial charge is 0.309 e. The number of aromatic nitrogens is 2. The standard InChI is InChI=1S/C17H22N2O6/c1-6-10(2)17(20)24-9-14-18-19-16(25-14)11-7-12(21-3)15(23-5)13(8-11)22-4/h7-8,10H,6,9H2,1-5H3. The van der Waals surface area contributed by atoms with E-state index in [1.807, 2.05) is 6.92 Å². The van der Waals surface area contributed by atoms with Crippen LogP contribution in [0, 0.1) is 5.92 Å². The molecule has 0 aliphatic carbocycles. The number of rotatable bonds is 8. The van der Waals surface area contributed by atoms with E-state index in [4.69, 9.17) is 23.4 Å². The number of esters is 1. The van der Waals surface area contributed by atoms with Gasteiger partial charge in [0.25, 0.3) is 5.89 Å². The van der Waals surface area contributed by atoms with Crippen LogP contribution in [0.25, 0.3) is 11.5 Å². The number of methoxy groups -OCH3 is 3. The first kappa shape index (κ1) is 18.6. The van der Waals surface area contributed by atoms with Crippen LogP contribution >= 0.6 is 0 Å². The summed E-state index contributed by atoms with van der Waals surface area (Å²) >= 11 is 0. The second-order valence-corrected chi connectivity index (χ2v) is 5.33. The minimum absolute atomic E-state index is 0.0689. The molecule has 1 heterocycles. The van der Waals surface area contributed by atoms with Gasteiger partial charge in [-0.3, -0.25) is 4.79 Å². The van der Waals surface area contributed by atoms with Crippen molar-refractivity contribution in [1.29, 1.82) is 0 Å². The fourth-order valence-electron chi connectivity index (χ4n) is 2.07. The Morgan fingerprint density at radius 3 is 2.28 bits per heavy atom. The molecule has 0 spiro atoms. The summed E-state index contributed by atoms with van der Waals surface area (Å²) in [6.07, 6.45) is 0.708. The summed E-state index contributed by atoms with van der Waals surface area (Å²) in [6, 6.07) is 3.40. The molecule has 0 saturated carbocycles.